The van der Waals surface area contributed by atoms with Crippen LogP contribution in [0.3, 0.4) is 0 Å². The number of aromatic nitrogens is 2. The van der Waals surface area contributed by atoms with Crippen molar-refractivity contribution in [2.75, 3.05) is 17.3 Å². The minimum Gasteiger partial charge on any atom is -0.484 e. The number of aryl methyl sites for hydroxylation is 1. The van der Waals surface area contributed by atoms with E-state index in [9.17, 15) is 13.2 Å². The quantitative estimate of drug-likeness (QED) is 0.531. The molecule has 1 aromatic carbocycles. The summed E-state index contributed by atoms with van der Waals surface area (Å²) in [6, 6.07) is 7.59. The van der Waals surface area contributed by atoms with Gasteiger partial charge in [-0.15, -0.1) is 10.2 Å². The van der Waals surface area contributed by atoms with Crippen molar-refractivity contribution in [2.24, 2.45) is 0 Å². The second-order valence-corrected chi connectivity index (χ2v) is 11.7. The summed E-state index contributed by atoms with van der Waals surface area (Å²) in [6.07, 6.45) is 5.73. The van der Waals surface area contributed by atoms with Crippen molar-refractivity contribution in [2.45, 2.75) is 69.4 Å². The molecule has 0 radical (unpaired) electrons. The summed E-state index contributed by atoms with van der Waals surface area (Å²) in [5.41, 5.74) is 1.10. The van der Waals surface area contributed by atoms with Crippen molar-refractivity contribution in [3.8, 4) is 5.75 Å². The Bertz CT molecular complexity index is 1030. The first-order valence-electron chi connectivity index (χ1n) is 11.1. The molecule has 32 heavy (non-hydrogen) atoms. The molecule has 1 aliphatic carbocycles. The predicted molar refractivity (Wildman–Crippen MR) is 121 cm³/mol. The average Bonchev–Trinajstić information content (AvgIpc) is 3.37. The van der Waals surface area contributed by atoms with Crippen molar-refractivity contribution in [3.63, 3.8) is 0 Å². The first kappa shape index (κ1) is 23.1. The largest absolute Gasteiger partial charge is 0.484 e. The summed E-state index contributed by atoms with van der Waals surface area (Å²) >= 11 is 1.19. The lowest BCUT2D eigenvalue weighted by molar-refractivity contribution is -0.133. The number of carbonyl (C=O) groups excluding carboxylic acids is 1. The van der Waals surface area contributed by atoms with E-state index in [2.05, 4.69) is 10.2 Å². The van der Waals surface area contributed by atoms with E-state index in [1.54, 1.807) is 0 Å². The second kappa shape index (κ2) is 10.2. The van der Waals surface area contributed by atoms with Gasteiger partial charge in [0, 0.05) is 12.1 Å². The molecule has 1 unspecified atom stereocenters. The Hall–Kier alpha value is -2.07. The topological polar surface area (TPSA) is 103 Å². The van der Waals surface area contributed by atoms with E-state index < -0.39 is 9.84 Å². The molecule has 2 fully saturated rings. The zero-order chi connectivity index (χ0) is 22.6. The summed E-state index contributed by atoms with van der Waals surface area (Å²) in [5.74, 6) is 1.39. The highest BCUT2D eigenvalue weighted by atomic mass is 32.2. The zero-order valence-electron chi connectivity index (χ0n) is 18.2. The maximum atomic E-state index is 13.2. The van der Waals surface area contributed by atoms with Crippen LogP contribution in [0.1, 0.15) is 50.0 Å². The lowest BCUT2D eigenvalue weighted by Crippen LogP contribution is -2.49. The molecule has 1 aromatic heterocycles. The number of nitrogens with zero attached hydrogens (tertiary/aromatic N) is 3. The van der Waals surface area contributed by atoms with Crippen molar-refractivity contribution < 1.29 is 22.4 Å². The predicted octanol–water partition coefficient (Wildman–Crippen LogP) is 3.40. The molecule has 8 nitrogen and oxygen atoms in total. The molecule has 1 aliphatic heterocycles. The third-order valence-electron chi connectivity index (χ3n) is 5.98. The molecule has 1 saturated heterocycles. The van der Waals surface area contributed by atoms with Crippen LogP contribution in [-0.2, 0) is 21.2 Å². The van der Waals surface area contributed by atoms with E-state index in [0.29, 0.717) is 17.5 Å². The Labute approximate surface area is 193 Å². The van der Waals surface area contributed by atoms with Gasteiger partial charge in [-0.1, -0.05) is 43.2 Å². The third kappa shape index (κ3) is 6.04. The van der Waals surface area contributed by atoms with Crippen molar-refractivity contribution >= 4 is 27.5 Å². The monoisotopic (exact) mass is 479 g/mol. The van der Waals surface area contributed by atoms with Crippen LogP contribution in [0, 0.1) is 6.92 Å². The van der Waals surface area contributed by atoms with Crippen LogP contribution in [0.5, 0.6) is 5.75 Å². The third-order valence-corrected chi connectivity index (χ3v) is 8.53. The molecular weight excluding hydrogens is 450 g/mol. The van der Waals surface area contributed by atoms with Crippen LogP contribution < -0.4 is 4.74 Å². The summed E-state index contributed by atoms with van der Waals surface area (Å²) in [4.78, 5) is 15.0. The minimum atomic E-state index is -3.06. The summed E-state index contributed by atoms with van der Waals surface area (Å²) in [7, 11) is -3.06. The van der Waals surface area contributed by atoms with Gasteiger partial charge in [0.05, 0.1) is 17.3 Å². The number of rotatable bonds is 8. The Kier molecular flexibility index (Phi) is 7.40. The fraction of sp³-hybridized carbons (Fsp3) is 0.591. The van der Waals surface area contributed by atoms with E-state index in [-0.39, 0.29) is 41.9 Å². The van der Waals surface area contributed by atoms with E-state index in [1.165, 1.54) is 18.2 Å². The number of hydrogen-bond donors (Lipinski definition) is 0. The van der Waals surface area contributed by atoms with Crippen molar-refractivity contribution in [3.05, 3.63) is 35.7 Å². The molecule has 0 N–H and O–H groups in total. The highest BCUT2D eigenvalue weighted by Crippen LogP contribution is 2.29. The van der Waals surface area contributed by atoms with E-state index in [0.717, 1.165) is 37.0 Å². The lowest BCUT2D eigenvalue weighted by atomic mass is 9.93. The Balaban J connectivity index is 1.34. The van der Waals surface area contributed by atoms with Crippen LogP contribution in [0.15, 0.2) is 33.9 Å². The molecule has 1 atom stereocenters. The van der Waals surface area contributed by atoms with Gasteiger partial charge in [-0.2, -0.15) is 0 Å². The van der Waals surface area contributed by atoms with Crippen LogP contribution in [0.4, 0.5) is 0 Å². The maximum Gasteiger partial charge on any atom is 0.277 e. The molecule has 10 heteroatoms. The fourth-order valence-corrected chi connectivity index (χ4v) is 6.82. The molecule has 2 aliphatic rings. The Morgan fingerprint density at radius 1 is 1.19 bits per heavy atom. The second-order valence-electron chi connectivity index (χ2n) is 8.51. The van der Waals surface area contributed by atoms with Crippen LogP contribution in [0.25, 0.3) is 0 Å². The SMILES string of the molecule is Cc1cccc(OCc2nnc(SCC(=O)N(C3CCCCC3)C3CCS(=O)(=O)C3)o2)c1. The molecular formula is C22H29N3O5S2. The highest BCUT2D eigenvalue weighted by molar-refractivity contribution is 7.99. The van der Waals surface area contributed by atoms with Gasteiger partial charge in [-0.3, -0.25) is 4.79 Å². The maximum absolute atomic E-state index is 13.2. The Morgan fingerprint density at radius 3 is 2.72 bits per heavy atom. The summed E-state index contributed by atoms with van der Waals surface area (Å²) in [5, 5.41) is 8.32. The zero-order valence-corrected chi connectivity index (χ0v) is 19.9. The Morgan fingerprint density at radius 2 is 2.00 bits per heavy atom. The normalized spacial score (nSPS) is 20.8. The molecule has 2 heterocycles. The van der Waals surface area contributed by atoms with Crippen LogP contribution >= 0.6 is 11.8 Å². The van der Waals surface area contributed by atoms with Crippen molar-refractivity contribution in [1.82, 2.24) is 15.1 Å². The molecule has 1 saturated carbocycles. The molecule has 1 amide bonds. The molecule has 0 bridgehead atoms. The van der Waals surface area contributed by atoms with Crippen LogP contribution in [-0.4, -0.2) is 58.8 Å². The first-order chi connectivity index (χ1) is 15.4. The fourth-order valence-electron chi connectivity index (χ4n) is 4.46. The van der Waals surface area contributed by atoms with E-state index in [4.69, 9.17) is 9.15 Å². The number of carbonyl (C=O) groups is 1. The smallest absolute Gasteiger partial charge is 0.277 e. The number of sulfone groups is 1. The standard InChI is InChI=1S/C22H29N3O5S2/c1-16-6-5-9-19(12-16)29-13-20-23-24-22(30-20)31-14-21(26)25(17-7-3-2-4-8-17)18-10-11-32(27,28)15-18/h5-6,9,12,17-18H,2-4,7-8,10-11,13-15H2,1H3. The first-order valence-corrected chi connectivity index (χ1v) is 13.9. The minimum absolute atomic E-state index is 0.0558. The van der Waals surface area contributed by atoms with Gasteiger partial charge in [0.15, 0.2) is 16.4 Å². The lowest BCUT2D eigenvalue weighted by Gasteiger charge is -2.38. The van der Waals surface area contributed by atoms with Gasteiger partial charge in [0.25, 0.3) is 11.1 Å². The van der Waals surface area contributed by atoms with Crippen molar-refractivity contribution in [1.29, 1.82) is 0 Å². The molecule has 0 spiro atoms. The van der Waals surface area contributed by atoms with Gasteiger partial charge in [-0.05, 0) is 43.9 Å². The molecule has 2 aromatic rings. The number of thioether (sulfide) groups is 1. The number of ether oxygens (including phenoxy) is 1. The van der Waals surface area contributed by atoms with Gasteiger partial charge in [0.2, 0.25) is 5.91 Å². The van der Waals surface area contributed by atoms with Crippen LogP contribution in [0.2, 0.25) is 0 Å². The number of amides is 1. The highest BCUT2D eigenvalue weighted by Gasteiger charge is 2.38. The van der Waals surface area contributed by atoms with Gasteiger partial charge < -0.3 is 14.1 Å². The van der Waals surface area contributed by atoms with E-state index in [1.807, 2.05) is 36.1 Å². The average molecular weight is 480 g/mol. The van der Waals surface area contributed by atoms with Gasteiger partial charge in [-0.25, -0.2) is 8.42 Å². The number of hydrogen-bond acceptors (Lipinski definition) is 8. The number of benzene rings is 1. The van der Waals surface area contributed by atoms with E-state index >= 15 is 0 Å². The summed E-state index contributed by atoms with van der Waals surface area (Å²) in [6.45, 7) is 2.14. The van der Waals surface area contributed by atoms with Gasteiger partial charge >= 0.3 is 0 Å². The summed E-state index contributed by atoms with van der Waals surface area (Å²) < 4.78 is 35.4. The van der Waals surface area contributed by atoms with Gasteiger partial charge in [0.1, 0.15) is 5.75 Å². The molecule has 4 rings (SSSR count). The molecule has 174 valence electrons.